The molecule has 1 heterocycles. The summed E-state index contributed by atoms with van der Waals surface area (Å²) in [6.45, 7) is 2.56. The number of ether oxygens (including phenoxy) is 2. The molecule has 0 saturated carbocycles. The van der Waals surface area contributed by atoms with Gasteiger partial charge in [-0.05, 0) is 13.8 Å². The molecule has 0 fully saturated rings. The van der Waals surface area contributed by atoms with E-state index in [1.807, 2.05) is 0 Å². The molecular formula is C11H15N3O5. The summed E-state index contributed by atoms with van der Waals surface area (Å²) in [4.78, 5) is 30.5. The molecule has 0 aliphatic carbocycles. The lowest BCUT2D eigenvalue weighted by atomic mass is 9.93. The Bertz CT molecular complexity index is 479. The zero-order chi connectivity index (χ0) is 14.6. The molecule has 0 aliphatic heterocycles. The number of methoxy groups -OCH3 is 2. The topological polar surface area (TPSA) is 111 Å². The van der Waals surface area contributed by atoms with Crippen LogP contribution in [-0.2, 0) is 9.59 Å². The Morgan fingerprint density at radius 3 is 2.05 bits per heavy atom. The van der Waals surface area contributed by atoms with Crippen LogP contribution >= 0.6 is 0 Å². The van der Waals surface area contributed by atoms with E-state index in [1.54, 1.807) is 0 Å². The first-order chi connectivity index (χ1) is 8.81. The molecule has 8 heteroatoms. The summed E-state index contributed by atoms with van der Waals surface area (Å²) in [6, 6.07) is 1.43. The molecule has 1 rings (SSSR count). The number of aromatic nitrogens is 2. The first kappa shape index (κ1) is 14.7. The molecule has 0 bridgehead atoms. The Morgan fingerprint density at radius 2 is 1.68 bits per heavy atom. The van der Waals surface area contributed by atoms with Crippen LogP contribution in [0.3, 0.4) is 0 Å². The van der Waals surface area contributed by atoms with E-state index in [4.69, 9.17) is 14.6 Å². The van der Waals surface area contributed by atoms with Gasteiger partial charge in [0.25, 0.3) is 0 Å². The number of carboxylic acid groups (broad SMARTS) is 1. The van der Waals surface area contributed by atoms with Gasteiger partial charge in [0.1, 0.15) is 5.41 Å². The molecule has 1 aromatic rings. The van der Waals surface area contributed by atoms with Crippen molar-refractivity contribution < 1.29 is 24.2 Å². The molecule has 0 saturated heterocycles. The van der Waals surface area contributed by atoms with E-state index in [1.165, 1.54) is 34.1 Å². The van der Waals surface area contributed by atoms with Crippen molar-refractivity contribution in [1.29, 1.82) is 0 Å². The number of hydrogen-bond acceptors (Lipinski definition) is 6. The molecular weight excluding hydrogens is 254 g/mol. The van der Waals surface area contributed by atoms with Crippen molar-refractivity contribution >= 4 is 17.8 Å². The van der Waals surface area contributed by atoms with Gasteiger partial charge in [0.05, 0.1) is 20.3 Å². The summed E-state index contributed by atoms with van der Waals surface area (Å²) in [7, 11) is 2.79. The highest BCUT2D eigenvalue weighted by Crippen LogP contribution is 2.21. The number of rotatable bonds is 5. The Morgan fingerprint density at radius 1 is 1.21 bits per heavy atom. The maximum Gasteiger partial charge on any atom is 0.318 e. The number of aliphatic carboxylic acids is 1. The van der Waals surface area contributed by atoms with E-state index in [0.29, 0.717) is 0 Å². The molecule has 0 aliphatic rings. The summed E-state index contributed by atoms with van der Waals surface area (Å²) < 4.78 is 9.83. The van der Waals surface area contributed by atoms with Gasteiger partial charge < -0.3 is 14.6 Å². The van der Waals surface area contributed by atoms with Gasteiger partial charge in [-0.25, -0.2) is 0 Å². The minimum atomic E-state index is -1.60. The predicted octanol–water partition coefficient (Wildman–Crippen LogP) is 0.543. The summed E-state index contributed by atoms with van der Waals surface area (Å²) in [6.07, 6.45) is 0. The highest BCUT2D eigenvalue weighted by molar-refractivity contribution is 6.06. The van der Waals surface area contributed by atoms with Crippen molar-refractivity contribution in [3.05, 3.63) is 6.07 Å². The Labute approximate surface area is 109 Å². The van der Waals surface area contributed by atoms with Crippen molar-refractivity contribution in [1.82, 2.24) is 9.97 Å². The molecule has 0 aromatic carbocycles. The SMILES string of the molecule is COc1cc(OC)nc(NC(=O)C(C)(C)C(=O)O)n1. The predicted molar refractivity (Wildman–Crippen MR) is 65.2 cm³/mol. The first-order valence-corrected chi connectivity index (χ1v) is 5.33. The molecule has 2 N–H and O–H groups in total. The van der Waals surface area contributed by atoms with Crippen molar-refractivity contribution in [2.45, 2.75) is 13.8 Å². The van der Waals surface area contributed by atoms with Gasteiger partial charge >= 0.3 is 5.97 Å². The van der Waals surface area contributed by atoms with Gasteiger partial charge in [0, 0.05) is 0 Å². The minimum Gasteiger partial charge on any atom is -0.481 e. The van der Waals surface area contributed by atoms with E-state index in [9.17, 15) is 9.59 Å². The third kappa shape index (κ3) is 3.30. The summed E-state index contributed by atoms with van der Waals surface area (Å²) in [5.41, 5.74) is -1.60. The Hall–Kier alpha value is -2.38. The van der Waals surface area contributed by atoms with Crippen LogP contribution in [0.2, 0.25) is 0 Å². The fraction of sp³-hybridized carbons (Fsp3) is 0.455. The zero-order valence-corrected chi connectivity index (χ0v) is 11.1. The maximum absolute atomic E-state index is 11.8. The number of carbonyl (C=O) groups excluding carboxylic acids is 1. The van der Waals surface area contributed by atoms with E-state index in [0.717, 1.165) is 0 Å². The lowest BCUT2D eigenvalue weighted by molar-refractivity contribution is -0.151. The molecule has 19 heavy (non-hydrogen) atoms. The van der Waals surface area contributed by atoms with Crippen LogP contribution in [-0.4, -0.2) is 41.2 Å². The number of anilines is 1. The van der Waals surface area contributed by atoms with Gasteiger partial charge in [-0.15, -0.1) is 0 Å². The second-order valence-electron chi connectivity index (χ2n) is 4.16. The molecule has 1 aromatic heterocycles. The monoisotopic (exact) mass is 269 g/mol. The Balaban J connectivity index is 2.99. The molecule has 0 radical (unpaired) electrons. The van der Waals surface area contributed by atoms with E-state index in [-0.39, 0.29) is 17.7 Å². The van der Waals surface area contributed by atoms with Crippen molar-refractivity contribution in [3.8, 4) is 11.8 Å². The molecule has 8 nitrogen and oxygen atoms in total. The highest BCUT2D eigenvalue weighted by Gasteiger charge is 2.36. The standard InChI is InChI=1S/C11H15N3O5/c1-11(2,9(16)17)8(15)14-10-12-6(18-3)5-7(13-10)19-4/h5H,1-4H3,(H,16,17)(H,12,13,14,15). The zero-order valence-electron chi connectivity index (χ0n) is 11.1. The molecule has 1 amide bonds. The van der Waals surface area contributed by atoms with Crippen LogP contribution in [0.5, 0.6) is 11.8 Å². The number of nitrogens with zero attached hydrogens (tertiary/aromatic N) is 2. The van der Waals surface area contributed by atoms with Gasteiger partial charge in [0.15, 0.2) is 0 Å². The summed E-state index contributed by atoms with van der Waals surface area (Å²) >= 11 is 0. The fourth-order valence-corrected chi connectivity index (χ4v) is 1.02. The number of carbonyl (C=O) groups is 2. The first-order valence-electron chi connectivity index (χ1n) is 5.33. The number of nitrogens with one attached hydrogen (secondary N) is 1. The fourth-order valence-electron chi connectivity index (χ4n) is 1.02. The maximum atomic E-state index is 11.8. The highest BCUT2D eigenvalue weighted by atomic mass is 16.5. The van der Waals surface area contributed by atoms with Crippen LogP contribution in [0.4, 0.5) is 5.95 Å². The van der Waals surface area contributed by atoms with Crippen LogP contribution in [0.25, 0.3) is 0 Å². The molecule has 0 atom stereocenters. The van der Waals surface area contributed by atoms with E-state index >= 15 is 0 Å². The lowest BCUT2D eigenvalue weighted by Crippen LogP contribution is -2.38. The summed E-state index contributed by atoms with van der Waals surface area (Å²) in [5, 5.41) is 11.3. The molecule has 0 unspecified atom stereocenters. The van der Waals surface area contributed by atoms with Gasteiger partial charge in [-0.3, -0.25) is 14.9 Å². The Kier molecular flexibility index (Phi) is 4.26. The van der Waals surface area contributed by atoms with Crippen LogP contribution in [0.15, 0.2) is 6.07 Å². The van der Waals surface area contributed by atoms with Crippen molar-refractivity contribution in [3.63, 3.8) is 0 Å². The number of hydrogen-bond donors (Lipinski definition) is 2. The third-order valence-electron chi connectivity index (χ3n) is 2.43. The second kappa shape index (κ2) is 5.51. The smallest absolute Gasteiger partial charge is 0.318 e. The normalized spacial score (nSPS) is 10.7. The van der Waals surface area contributed by atoms with E-state index < -0.39 is 17.3 Å². The average molecular weight is 269 g/mol. The summed E-state index contributed by atoms with van der Waals surface area (Å²) in [5.74, 6) is -1.70. The third-order valence-corrected chi connectivity index (χ3v) is 2.43. The van der Waals surface area contributed by atoms with Crippen LogP contribution in [0, 0.1) is 5.41 Å². The number of carboxylic acids is 1. The number of amides is 1. The second-order valence-corrected chi connectivity index (χ2v) is 4.16. The van der Waals surface area contributed by atoms with Crippen LogP contribution in [0.1, 0.15) is 13.8 Å². The van der Waals surface area contributed by atoms with Gasteiger partial charge in [-0.1, -0.05) is 0 Å². The van der Waals surface area contributed by atoms with Gasteiger partial charge in [-0.2, -0.15) is 9.97 Å². The van der Waals surface area contributed by atoms with Gasteiger partial charge in [0.2, 0.25) is 23.6 Å². The van der Waals surface area contributed by atoms with Crippen molar-refractivity contribution in [2.75, 3.05) is 19.5 Å². The molecule has 104 valence electrons. The minimum absolute atomic E-state index is 0.0875. The van der Waals surface area contributed by atoms with E-state index in [2.05, 4.69) is 15.3 Å². The molecule has 0 spiro atoms. The largest absolute Gasteiger partial charge is 0.481 e. The van der Waals surface area contributed by atoms with Crippen LogP contribution < -0.4 is 14.8 Å². The van der Waals surface area contributed by atoms with Crippen molar-refractivity contribution in [2.24, 2.45) is 5.41 Å². The quantitative estimate of drug-likeness (QED) is 0.750. The average Bonchev–Trinajstić information content (AvgIpc) is 2.37. The lowest BCUT2D eigenvalue weighted by Gasteiger charge is -2.17.